The zero-order valence-electron chi connectivity index (χ0n) is 16.1. The maximum atomic E-state index is 12.1. The maximum Gasteiger partial charge on any atom is 0.341 e. The number of methoxy groups -OCH3 is 2. The van der Waals surface area contributed by atoms with Crippen LogP contribution in [-0.4, -0.2) is 26.3 Å². The van der Waals surface area contributed by atoms with E-state index in [1.807, 2.05) is 32.0 Å². The fourth-order valence-electron chi connectivity index (χ4n) is 2.49. The number of halogens is 2. The van der Waals surface area contributed by atoms with Crippen LogP contribution in [-0.2, 0) is 20.9 Å². The molecule has 0 amide bonds. The highest BCUT2D eigenvalue weighted by Gasteiger charge is 2.17. The molecule has 0 spiro atoms. The number of carbonyl (C=O) groups is 1. The molecular weight excluding hydrogens is 403 g/mol. The second kappa shape index (κ2) is 10.2. The standard InChI is InChI=1S/C21H22Cl2O5/c1-13(2)28-20-18(22)9-15(10-19(20)23)27-11-14-7-5-6-8-16(14)17(12-25-3)21(24)26-4/h5-10,12-13H,11H2,1-4H3/b17-12+. The van der Waals surface area contributed by atoms with Crippen LogP contribution in [0.4, 0.5) is 0 Å². The van der Waals surface area contributed by atoms with Gasteiger partial charge in [-0.1, -0.05) is 47.5 Å². The minimum Gasteiger partial charge on any atom is -0.503 e. The molecule has 0 atom stereocenters. The summed E-state index contributed by atoms with van der Waals surface area (Å²) in [6.07, 6.45) is 1.29. The summed E-state index contributed by atoms with van der Waals surface area (Å²) in [6, 6.07) is 10.6. The van der Waals surface area contributed by atoms with E-state index in [4.69, 9.17) is 42.1 Å². The fourth-order valence-corrected chi connectivity index (χ4v) is 3.04. The zero-order chi connectivity index (χ0) is 20.7. The van der Waals surface area contributed by atoms with Gasteiger partial charge in [0.1, 0.15) is 17.9 Å². The van der Waals surface area contributed by atoms with Crippen molar-refractivity contribution in [3.05, 3.63) is 63.8 Å². The number of ether oxygens (including phenoxy) is 4. The van der Waals surface area contributed by atoms with Gasteiger partial charge in [-0.3, -0.25) is 0 Å². The van der Waals surface area contributed by atoms with Crippen LogP contribution < -0.4 is 9.47 Å². The number of hydrogen-bond donors (Lipinski definition) is 0. The summed E-state index contributed by atoms with van der Waals surface area (Å²) in [6.45, 7) is 3.96. The van der Waals surface area contributed by atoms with Gasteiger partial charge in [0.15, 0.2) is 5.75 Å². The van der Waals surface area contributed by atoms with Gasteiger partial charge in [-0.25, -0.2) is 4.79 Å². The van der Waals surface area contributed by atoms with Gasteiger partial charge in [-0.05, 0) is 25.0 Å². The minimum atomic E-state index is -0.504. The second-order valence-electron chi connectivity index (χ2n) is 6.09. The lowest BCUT2D eigenvalue weighted by atomic mass is 10.0. The Morgan fingerprint density at radius 2 is 1.75 bits per heavy atom. The van der Waals surface area contributed by atoms with Gasteiger partial charge in [-0.15, -0.1) is 0 Å². The molecular formula is C21H22Cl2O5. The maximum absolute atomic E-state index is 12.1. The summed E-state index contributed by atoms with van der Waals surface area (Å²) in [4.78, 5) is 12.1. The van der Waals surface area contributed by atoms with Gasteiger partial charge in [0.25, 0.3) is 0 Å². The summed E-state index contributed by atoms with van der Waals surface area (Å²) in [7, 11) is 2.78. The first kappa shape index (κ1) is 21.9. The highest BCUT2D eigenvalue weighted by Crippen LogP contribution is 2.38. The SMILES string of the molecule is CO/C=C(/C(=O)OC)c1ccccc1COc1cc(Cl)c(OC(C)C)c(Cl)c1. The first-order valence-corrected chi connectivity index (χ1v) is 9.31. The van der Waals surface area contributed by atoms with E-state index >= 15 is 0 Å². The van der Waals surface area contributed by atoms with Crippen molar-refractivity contribution in [2.24, 2.45) is 0 Å². The highest BCUT2D eigenvalue weighted by atomic mass is 35.5. The van der Waals surface area contributed by atoms with E-state index in [1.54, 1.807) is 18.2 Å². The van der Waals surface area contributed by atoms with Crippen LogP contribution >= 0.6 is 23.2 Å². The summed E-state index contributed by atoms with van der Waals surface area (Å²) in [5.41, 5.74) is 1.71. The van der Waals surface area contributed by atoms with Crippen LogP contribution in [0.1, 0.15) is 25.0 Å². The smallest absolute Gasteiger partial charge is 0.341 e. The Morgan fingerprint density at radius 1 is 1.11 bits per heavy atom. The van der Waals surface area contributed by atoms with E-state index in [-0.39, 0.29) is 12.7 Å². The van der Waals surface area contributed by atoms with Crippen LogP contribution in [0, 0.1) is 0 Å². The lowest BCUT2D eigenvalue weighted by Crippen LogP contribution is -2.08. The molecule has 0 radical (unpaired) electrons. The van der Waals surface area contributed by atoms with Crippen molar-refractivity contribution < 1.29 is 23.7 Å². The number of benzene rings is 2. The van der Waals surface area contributed by atoms with E-state index < -0.39 is 5.97 Å². The Morgan fingerprint density at radius 3 is 2.32 bits per heavy atom. The Kier molecular flexibility index (Phi) is 8.03. The number of esters is 1. The molecule has 0 saturated heterocycles. The third-order valence-corrected chi connectivity index (χ3v) is 4.23. The molecule has 28 heavy (non-hydrogen) atoms. The first-order chi connectivity index (χ1) is 13.4. The highest BCUT2D eigenvalue weighted by molar-refractivity contribution is 6.37. The van der Waals surface area contributed by atoms with Crippen molar-refractivity contribution >= 4 is 34.7 Å². The monoisotopic (exact) mass is 424 g/mol. The van der Waals surface area contributed by atoms with E-state index in [1.165, 1.54) is 20.5 Å². The number of carbonyl (C=O) groups excluding carboxylic acids is 1. The molecule has 7 heteroatoms. The molecule has 0 aliphatic heterocycles. The van der Waals surface area contributed by atoms with Crippen molar-refractivity contribution in [1.82, 2.24) is 0 Å². The molecule has 0 aliphatic rings. The Hall–Kier alpha value is -2.37. The van der Waals surface area contributed by atoms with E-state index in [0.29, 0.717) is 32.7 Å². The molecule has 0 heterocycles. The number of hydrogen-bond acceptors (Lipinski definition) is 5. The third kappa shape index (κ3) is 5.57. The van der Waals surface area contributed by atoms with Gasteiger partial charge in [0.2, 0.25) is 0 Å². The third-order valence-electron chi connectivity index (χ3n) is 3.67. The Balaban J connectivity index is 2.26. The average Bonchev–Trinajstić information content (AvgIpc) is 2.67. The molecule has 0 aliphatic carbocycles. The van der Waals surface area contributed by atoms with Crippen LogP contribution in [0.15, 0.2) is 42.7 Å². The molecule has 150 valence electrons. The normalized spacial score (nSPS) is 11.3. The molecule has 0 aromatic heterocycles. The van der Waals surface area contributed by atoms with Gasteiger partial charge in [0, 0.05) is 12.1 Å². The van der Waals surface area contributed by atoms with Gasteiger partial charge < -0.3 is 18.9 Å². The molecule has 0 N–H and O–H groups in total. The van der Waals surface area contributed by atoms with E-state index in [2.05, 4.69) is 0 Å². The predicted octanol–water partition coefficient (Wildman–Crippen LogP) is 5.52. The molecule has 0 unspecified atom stereocenters. The van der Waals surface area contributed by atoms with Crippen molar-refractivity contribution in [1.29, 1.82) is 0 Å². The average molecular weight is 425 g/mol. The topological polar surface area (TPSA) is 54.0 Å². The quantitative estimate of drug-likeness (QED) is 0.317. The minimum absolute atomic E-state index is 0.0574. The molecule has 0 bridgehead atoms. The van der Waals surface area contributed by atoms with Gasteiger partial charge in [-0.2, -0.15) is 0 Å². The Labute approximate surface area is 174 Å². The van der Waals surface area contributed by atoms with Crippen molar-refractivity contribution in [3.8, 4) is 11.5 Å². The molecule has 0 fully saturated rings. The zero-order valence-corrected chi connectivity index (χ0v) is 17.6. The van der Waals surface area contributed by atoms with E-state index in [0.717, 1.165) is 5.56 Å². The van der Waals surface area contributed by atoms with Gasteiger partial charge >= 0.3 is 5.97 Å². The lowest BCUT2D eigenvalue weighted by molar-refractivity contribution is -0.133. The van der Waals surface area contributed by atoms with E-state index in [9.17, 15) is 4.79 Å². The largest absolute Gasteiger partial charge is 0.503 e. The van der Waals surface area contributed by atoms with Gasteiger partial charge in [0.05, 0.1) is 36.6 Å². The summed E-state index contributed by atoms with van der Waals surface area (Å²) in [5, 5.41) is 0.720. The summed E-state index contributed by atoms with van der Waals surface area (Å²) in [5.74, 6) is 0.397. The van der Waals surface area contributed by atoms with Crippen LogP contribution in [0.5, 0.6) is 11.5 Å². The van der Waals surface area contributed by atoms with Crippen molar-refractivity contribution in [2.75, 3.05) is 14.2 Å². The molecule has 2 rings (SSSR count). The van der Waals surface area contributed by atoms with Crippen molar-refractivity contribution in [3.63, 3.8) is 0 Å². The summed E-state index contributed by atoms with van der Waals surface area (Å²) >= 11 is 12.5. The van der Waals surface area contributed by atoms with Crippen LogP contribution in [0.3, 0.4) is 0 Å². The molecule has 2 aromatic rings. The molecule has 0 saturated carbocycles. The Bertz CT molecular complexity index is 839. The predicted molar refractivity (Wildman–Crippen MR) is 110 cm³/mol. The molecule has 5 nitrogen and oxygen atoms in total. The second-order valence-corrected chi connectivity index (χ2v) is 6.90. The van der Waals surface area contributed by atoms with Crippen LogP contribution in [0.25, 0.3) is 5.57 Å². The van der Waals surface area contributed by atoms with Crippen LogP contribution in [0.2, 0.25) is 10.0 Å². The van der Waals surface area contributed by atoms with Crippen molar-refractivity contribution in [2.45, 2.75) is 26.6 Å². The lowest BCUT2D eigenvalue weighted by Gasteiger charge is -2.16. The fraction of sp³-hybridized carbons (Fsp3) is 0.286. The summed E-state index contributed by atoms with van der Waals surface area (Å²) < 4.78 is 21.3. The molecule has 2 aromatic carbocycles. The number of rotatable bonds is 8. The first-order valence-electron chi connectivity index (χ1n) is 8.55.